The lowest BCUT2D eigenvalue weighted by Gasteiger charge is -2.17. The smallest absolute Gasteiger partial charge is 0.253 e. The third-order valence-electron chi connectivity index (χ3n) is 5.39. The molecule has 1 atom stereocenters. The van der Waals surface area contributed by atoms with Gasteiger partial charge in [-0.2, -0.15) is 0 Å². The van der Waals surface area contributed by atoms with E-state index in [1.54, 1.807) is 31.4 Å². The minimum absolute atomic E-state index is 0.227. The topological polar surface area (TPSA) is 65.4 Å². The summed E-state index contributed by atoms with van der Waals surface area (Å²) in [6.07, 6.45) is 0.782. The fourth-order valence-corrected chi connectivity index (χ4v) is 3.95. The van der Waals surface area contributed by atoms with Crippen molar-refractivity contribution < 1.29 is 14.3 Å². The Bertz CT molecular complexity index is 1240. The molecule has 0 radical (unpaired) electrons. The Morgan fingerprint density at radius 1 is 1.03 bits per heavy atom. The fourth-order valence-electron chi connectivity index (χ4n) is 3.73. The number of amides is 1. The molecule has 0 fully saturated rings. The van der Waals surface area contributed by atoms with Crippen molar-refractivity contribution in [2.45, 2.75) is 25.9 Å². The maximum Gasteiger partial charge on any atom is 0.253 e. The van der Waals surface area contributed by atoms with Gasteiger partial charge in [0.15, 0.2) is 0 Å². The zero-order valence-electron chi connectivity index (χ0n) is 18.6. The molecule has 170 valence electrons. The highest BCUT2D eigenvalue weighted by atomic mass is 35.5. The number of halogens is 1. The van der Waals surface area contributed by atoms with E-state index in [1.807, 2.05) is 55.5 Å². The molecule has 0 saturated heterocycles. The van der Waals surface area contributed by atoms with Gasteiger partial charge < -0.3 is 19.4 Å². The molecule has 1 unspecified atom stereocenters. The van der Waals surface area contributed by atoms with Crippen molar-refractivity contribution >= 4 is 28.5 Å². The molecule has 0 bridgehead atoms. The number of methoxy groups -OCH3 is 1. The van der Waals surface area contributed by atoms with Gasteiger partial charge in [-0.25, -0.2) is 4.98 Å². The Kier molecular flexibility index (Phi) is 7.15. The molecule has 6 nitrogen and oxygen atoms in total. The van der Waals surface area contributed by atoms with Crippen LogP contribution in [0.1, 0.15) is 35.6 Å². The van der Waals surface area contributed by atoms with Crippen molar-refractivity contribution in [2.24, 2.45) is 0 Å². The number of ether oxygens (including phenoxy) is 2. The first-order valence-corrected chi connectivity index (χ1v) is 11.2. The van der Waals surface area contributed by atoms with E-state index in [-0.39, 0.29) is 11.9 Å². The molecule has 1 amide bonds. The van der Waals surface area contributed by atoms with Gasteiger partial charge in [0.05, 0.1) is 41.4 Å². The quantitative estimate of drug-likeness (QED) is 0.325. The molecule has 0 aliphatic rings. The molecule has 0 aliphatic heterocycles. The molecule has 0 saturated carbocycles. The average Bonchev–Trinajstić information content (AvgIpc) is 3.21. The van der Waals surface area contributed by atoms with Gasteiger partial charge in [-0.15, -0.1) is 0 Å². The van der Waals surface area contributed by atoms with Crippen LogP contribution < -0.4 is 14.8 Å². The monoisotopic (exact) mass is 463 g/mol. The van der Waals surface area contributed by atoms with Crippen molar-refractivity contribution in [3.8, 4) is 11.5 Å². The third-order valence-corrected chi connectivity index (χ3v) is 5.72. The van der Waals surface area contributed by atoms with E-state index in [4.69, 9.17) is 26.1 Å². The summed E-state index contributed by atoms with van der Waals surface area (Å²) < 4.78 is 13.2. The molecular formula is C26H26ClN3O3. The number of nitrogens with zero attached hydrogens (tertiary/aromatic N) is 2. The summed E-state index contributed by atoms with van der Waals surface area (Å²) in [5, 5.41) is 3.45. The number of rotatable bonds is 9. The molecule has 7 heteroatoms. The van der Waals surface area contributed by atoms with Crippen LogP contribution in [-0.4, -0.2) is 29.2 Å². The normalized spacial score (nSPS) is 11.8. The van der Waals surface area contributed by atoms with E-state index in [2.05, 4.69) is 9.88 Å². The van der Waals surface area contributed by atoms with E-state index in [0.717, 1.165) is 34.8 Å². The second kappa shape index (κ2) is 10.4. The van der Waals surface area contributed by atoms with Gasteiger partial charge in [0.1, 0.15) is 17.3 Å². The van der Waals surface area contributed by atoms with Crippen LogP contribution in [0, 0.1) is 0 Å². The number of aromatic nitrogens is 2. The molecule has 1 heterocycles. The van der Waals surface area contributed by atoms with Crippen LogP contribution in [0.4, 0.5) is 0 Å². The van der Waals surface area contributed by atoms with Crippen LogP contribution >= 0.6 is 11.6 Å². The molecule has 4 rings (SSSR count). The van der Waals surface area contributed by atoms with Crippen molar-refractivity contribution in [3.05, 3.63) is 89.2 Å². The number of para-hydroxylation sites is 2. The van der Waals surface area contributed by atoms with Crippen LogP contribution in [0.5, 0.6) is 11.5 Å². The largest absolute Gasteiger partial charge is 0.497 e. The SMILES string of the molecule is COc1ccc(OCCCn2c(C(C)NC(=O)c3ccccc3Cl)nc3ccccc32)cc1. The first-order chi connectivity index (χ1) is 16.1. The van der Waals surface area contributed by atoms with Gasteiger partial charge in [-0.1, -0.05) is 35.9 Å². The molecule has 0 aliphatic carbocycles. The highest BCUT2D eigenvalue weighted by Crippen LogP contribution is 2.23. The van der Waals surface area contributed by atoms with Gasteiger partial charge in [0, 0.05) is 6.54 Å². The molecule has 1 aromatic heterocycles. The zero-order valence-corrected chi connectivity index (χ0v) is 19.4. The molecule has 33 heavy (non-hydrogen) atoms. The van der Waals surface area contributed by atoms with E-state index in [1.165, 1.54) is 0 Å². The van der Waals surface area contributed by atoms with Gasteiger partial charge in [0.2, 0.25) is 0 Å². The number of benzene rings is 3. The lowest BCUT2D eigenvalue weighted by molar-refractivity contribution is 0.0937. The Hall–Kier alpha value is -3.51. The van der Waals surface area contributed by atoms with Crippen LogP contribution in [0.15, 0.2) is 72.8 Å². The van der Waals surface area contributed by atoms with Crippen LogP contribution in [0.3, 0.4) is 0 Å². The third kappa shape index (κ3) is 5.29. The summed E-state index contributed by atoms with van der Waals surface area (Å²) in [4.78, 5) is 17.6. The minimum Gasteiger partial charge on any atom is -0.497 e. The summed E-state index contributed by atoms with van der Waals surface area (Å²) in [6, 6.07) is 22.2. The van der Waals surface area contributed by atoms with Crippen LogP contribution in [0.25, 0.3) is 11.0 Å². The van der Waals surface area contributed by atoms with E-state index in [0.29, 0.717) is 23.7 Å². The number of nitrogens with one attached hydrogen (secondary N) is 1. The highest BCUT2D eigenvalue weighted by molar-refractivity contribution is 6.33. The predicted octanol–water partition coefficient (Wildman–Crippen LogP) is 5.66. The lowest BCUT2D eigenvalue weighted by Crippen LogP contribution is -2.29. The molecule has 4 aromatic rings. The second-order valence-corrected chi connectivity index (χ2v) is 8.07. The van der Waals surface area contributed by atoms with Crippen molar-refractivity contribution in [1.29, 1.82) is 0 Å². The van der Waals surface area contributed by atoms with Gasteiger partial charge >= 0.3 is 0 Å². The predicted molar refractivity (Wildman–Crippen MR) is 130 cm³/mol. The standard InChI is InChI=1S/C26H26ClN3O3/c1-18(28-26(31)21-8-3-4-9-22(21)27)25-29-23-10-5-6-11-24(23)30(25)16-7-17-33-20-14-12-19(32-2)13-15-20/h3-6,8-15,18H,7,16-17H2,1-2H3,(H,28,31). The number of carbonyl (C=O) groups is 1. The fraction of sp³-hybridized carbons (Fsp3) is 0.231. The molecular weight excluding hydrogens is 438 g/mol. The van der Waals surface area contributed by atoms with Crippen LogP contribution in [-0.2, 0) is 6.54 Å². The Labute approximate surface area is 198 Å². The number of carbonyl (C=O) groups excluding carboxylic acids is 1. The number of fused-ring (bicyclic) bond motifs is 1. The van der Waals surface area contributed by atoms with Gasteiger partial charge in [0.25, 0.3) is 5.91 Å². The van der Waals surface area contributed by atoms with E-state index in [9.17, 15) is 4.79 Å². The van der Waals surface area contributed by atoms with Crippen molar-refractivity contribution in [3.63, 3.8) is 0 Å². The number of aryl methyl sites for hydroxylation is 1. The summed E-state index contributed by atoms with van der Waals surface area (Å²) in [7, 11) is 1.64. The van der Waals surface area contributed by atoms with E-state index >= 15 is 0 Å². The Morgan fingerprint density at radius 3 is 2.48 bits per heavy atom. The molecule has 3 aromatic carbocycles. The van der Waals surface area contributed by atoms with Crippen molar-refractivity contribution in [1.82, 2.24) is 14.9 Å². The summed E-state index contributed by atoms with van der Waals surface area (Å²) in [5.41, 5.74) is 2.36. The average molecular weight is 464 g/mol. The molecule has 0 spiro atoms. The number of hydrogen-bond acceptors (Lipinski definition) is 4. The lowest BCUT2D eigenvalue weighted by atomic mass is 10.2. The van der Waals surface area contributed by atoms with Gasteiger partial charge in [-0.05, 0) is 61.9 Å². The summed E-state index contributed by atoms with van der Waals surface area (Å²) in [5.74, 6) is 2.16. The summed E-state index contributed by atoms with van der Waals surface area (Å²) >= 11 is 6.19. The minimum atomic E-state index is -0.302. The van der Waals surface area contributed by atoms with E-state index < -0.39 is 0 Å². The number of hydrogen-bond donors (Lipinski definition) is 1. The summed E-state index contributed by atoms with van der Waals surface area (Å²) in [6.45, 7) is 3.19. The maximum atomic E-state index is 12.8. The molecule has 1 N–H and O–H groups in total. The van der Waals surface area contributed by atoms with Gasteiger partial charge in [-0.3, -0.25) is 4.79 Å². The Balaban J connectivity index is 1.46. The first-order valence-electron chi connectivity index (χ1n) is 10.8. The Morgan fingerprint density at radius 2 is 1.73 bits per heavy atom. The first kappa shape index (κ1) is 22.7. The number of imidazole rings is 1. The van der Waals surface area contributed by atoms with Crippen LogP contribution in [0.2, 0.25) is 5.02 Å². The highest BCUT2D eigenvalue weighted by Gasteiger charge is 2.20. The van der Waals surface area contributed by atoms with Crippen molar-refractivity contribution in [2.75, 3.05) is 13.7 Å². The maximum absolute atomic E-state index is 12.8. The second-order valence-electron chi connectivity index (χ2n) is 7.66. The zero-order chi connectivity index (χ0) is 23.2.